The van der Waals surface area contributed by atoms with E-state index in [1.165, 1.54) is 33.3 Å². The molecule has 4 rings (SSSR count). The first kappa shape index (κ1) is 20.0. The van der Waals surface area contributed by atoms with Crippen LogP contribution in [0.4, 0.5) is 0 Å². The lowest BCUT2D eigenvalue weighted by Gasteiger charge is -2.12. The molecule has 0 spiro atoms. The summed E-state index contributed by atoms with van der Waals surface area (Å²) in [6, 6.07) is 19.0. The number of aromatic nitrogens is 2. The molecule has 0 N–H and O–H groups in total. The number of hydrogen-bond acceptors (Lipinski definition) is 2. The number of aryl methyl sites for hydroxylation is 2. The molecular weight excluding hydrogens is 368 g/mol. The molecule has 4 heteroatoms. The maximum atomic E-state index is 5.40. The molecule has 28 heavy (non-hydrogen) atoms. The van der Waals surface area contributed by atoms with Gasteiger partial charge in [0, 0.05) is 29.4 Å². The molecule has 3 nitrogen and oxygen atoms in total. The highest BCUT2D eigenvalue weighted by Crippen LogP contribution is 2.33. The smallest absolute Gasteiger partial charge is 0.119 e. The van der Waals surface area contributed by atoms with E-state index >= 15 is 0 Å². The zero-order valence-electron chi connectivity index (χ0n) is 16.7. The lowest BCUT2D eigenvalue weighted by Crippen LogP contribution is -2.03. The third-order valence-electron chi connectivity index (χ3n) is 5.35. The first-order chi connectivity index (χ1) is 13.1. The van der Waals surface area contributed by atoms with E-state index in [1.807, 2.05) is 18.3 Å². The molecule has 2 aromatic carbocycles. The minimum absolute atomic E-state index is 0. The molecule has 0 atom stereocenters. The molecule has 0 aliphatic heterocycles. The summed E-state index contributed by atoms with van der Waals surface area (Å²) in [5, 5.41) is 1.26. The summed E-state index contributed by atoms with van der Waals surface area (Å²) in [5.41, 5.74) is 8.43. The van der Waals surface area contributed by atoms with E-state index in [9.17, 15) is 0 Å². The molecule has 2 aromatic heterocycles. The van der Waals surface area contributed by atoms with Crippen LogP contribution in [0.25, 0.3) is 22.2 Å². The van der Waals surface area contributed by atoms with Crippen LogP contribution in [0.5, 0.6) is 5.75 Å². The van der Waals surface area contributed by atoms with Crippen molar-refractivity contribution in [2.75, 3.05) is 7.11 Å². The minimum atomic E-state index is 0. The Morgan fingerprint density at radius 1 is 0.964 bits per heavy atom. The zero-order chi connectivity index (χ0) is 19.0. The second kappa shape index (κ2) is 8.07. The summed E-state index contributed by atoms with van der Waals surface area (Å²) in [4.78, 5) is 4.75. The van der Waals surface area contributed by atoms with Crippen molar-refractivity contribution in [1.29, 1.82) is 0 Å². The monoisotopic (exact) mass is 392 g/mol. The molecule has 0 amide bonds. The van der Waals surface area contributed by atoms with Gasteiger partial charge in [0.25, 0.3) is 0 Å². The topological polar surface area (TPSA) is 27.1 Å². The molecule has 144 valence electrons. The molecule has 0 fully saturated rings. The SMILES string of the molecule is COc1cccc(Cn2c(C)c(C)c3ccnc(-c4ccc(C)cc4)c32)c1.Cl. The standard InChI is InChI=1S/C24H24N2O.ClH/c1-16-8-10-20(11-9-16)23-24-22(12-13-25-23)17(2)18(3)26(24)15-19-6-5-7-21(14-19)27-4;/h5-14H,15H2,1-4H3;1H. The lowest BCUT2D eigenvalue weighted by atomic mass is 10.1. The lowest BCUT2D eigenvalue weighted by molar-refractivity contribution is 0.414. The number of benzene rings is 2. The number of hydrogen-bond donors (Lipinski definition) is 0. The van der Waals surface area contributed by atoms with Gasteiger partial charge >= 0.3 is 0 Å². The van der Waals surface area contributed by atoms with E-state index in [4.69, 9.17) is 9.72 Å². The fourth-order valence-corrected chi connectivity index (χ4v) is 3.67. The fourth-order valence-electron chi connectivity index (χ4n) is 3.67. The van der Waals surface area contributed by atoms with Gasteiger partial charge in [-0.3, -0.25) is 4.98 Å². The zero-order valence-corrected chi connectivity index (χ0v) is 17.5. The van der Waals surface area contributed by atoms with Crippen LogP contribution in [0.15, 0.2) is 60.8 Å². The summed E-state index contributed by atoms with van der Waals surface area (Å²) in [7, 11) is 1.71. The Bertz CT molecular complexity index is 1110. The van der Waals surface area contributed by atoms with E-state index in [-0.39, 0.29) is 12.4 Å². The van der Waals surface area contributed by atoms with Crippen molar-refractivity contribution in [1.82, 2.24) is 9.55 Å². The Hall–Kier alpha value is -2.78. The number of ether oxygens (including phenoxy) is 1. The molecular formula is C24H25ClN2O. The number of methoxy groups -OCH3 is 1. The predicted octanol–water partition coefficient (Wildman–Crippen LogP) is 6.11. The van der Waals surface area contributed by atoms with Gasteiger partial charge in [-0.05, 0) is 50.1 Å². The number of nitrogens with zero attached hydrogens (tertiary/aromatic N) is 2. The van der Waals surface area contributed by atoms with E-state index < -0.39 is 0 Å². The second-order valence-corrected chi connectivity index (χ2v) is 7.07. The average molecular weight is 393 g/mol. The van der Waals surface area contributed by atoms with Crippen LogP contribution in [0, 0.1) is 20.8 Å². The summed E-state index contributed by atoms with van der Waals surface area (Å²) < 4.78 is 7.77. The molecule has 0 saturated carbocycles. The molecule has 0 aliphatic rings. The first-order valence-corrected chi connectivity index (χ1v) is 9.23. The fraction of sp³-hybridized carbons (Fsp3) is 0.208. The van der Waals surface area contributed by atoms with Crippen molar-refractivity contribution in [3.8, 4) is 17.0 Å². The quantitative estimate of drug-likeness (QED) is 0.419. The second-order valence-electron chi connectivity index (χ2n) is 7.07. The summed E-state index contributed by atoms with van der Waals surface area (Å²) in [5.74, 6) is 0.884. The van der Waals surface area contributed by atoms with Crippen LogP contribution in [0.3, 0.4) is 0 Å². The Labute approximate surface area is 172 Å². The third kappa shape index (κ3) is 3.50. The largest absolute Gasteiger partial charge is 0.497 e. The van der Waals surface area contributed by atoms with Gasteiger partial charge in [0.05, 0.1) is 18.3 Å². The van der Waals surface area contributed by atoms with Crippen LogP contribution < -0.4 is 4.74 Å². The Morgan fingerprint density at radius 2 is 1.71 bits per heavy atom. The van der Waals surface area contributed by atoms with Crippen molar-refractivity contribution in [2.45, 2.75) is 27.3 Å². The van der Waals surface area contributed by atoms with Gasteiger partial charge in [0.1, 0.15) is 5.75 Å². The molecule has 0 saturated heterocycles. The predicted molar refractivity (Wildman–Crippen MR) is 119 cm³/mol. The highest BCUT2D eigenvalue weighted by molar-refractivity contribution is 5.95. The highest BCUT2D eigenvalue weighted by atomic mass is 35.5. The molecule has 4 aromatic rings. The van der Waals surface area contributed by atoms with Gasteiger partial charge in [-0.2, -0.15) is 0 Å². The van der Waals surface area contributed by atoms with Gasteiger partial charge < -0.3 is 9.30 Å². The molecule has 0 bridgehead atoms. The van der Waals surface area contributed by atoms with Crippen LogP contribution in [0.1, 0.15) is 22.4 Å². The number of pyridine rings is 1. The third-order valence-corrected chi connectivity index (χ3v) is 5.35. The number of halogens is 1. The van der Waals surface area contributed by atoms with Crippen molar-refractivity contribution < 1.29 is 4.74 Å². The van der Waals surface area contributed by atoms with E-state index in [2.05, 4.69) is 67.8 Å². The maximum Gasteiger partial charge on any atom is 0.119 e. The van der Waals surface area contributed by atoms with E-state index in [0.717, 1.165) is 23.6 Å². The van der Waals surface area contributed by atoms with Crippen molar-refractivity contribution >= 4 is 23.3 Å². The molecule has 0 aliphatic carbocycles. The Balaban J connectivity index is 0.00000225. The Kier molecular flexibility index (Phi) is 5.76. The highest BCUT2D eigenvalue weighted by Gasteiger charge is 2.16. The van der Waals surface area contributed by atoms with E-state index in [0.29, 0.717) is 0 Å². The maximum absolute atomic E-state index is 5.40. The van der Waals surface area contributed by atoms with Gasteiger partial charge in [-0.1, -0.05) is 42.0 Å². The summed E-state index contributed by atoms with van der Waals surface area (Å²) in [6.45, 7) is 7.28. The first-order valence-electron chi connectivity index (χ1n) is 9.23. The van der Waals surface area contributed by atoms with Crippen molar-refractivity contribution in [3.63, 3.8) is 0 Å². The van der Waals surface area contributed by atoms with E-state index in [1.54, 1.807) is 7.11 Å². The summed E-state index contributed by atoms with van der Waals surface area (Å²) in [6.07, 6.45) is 1.92. The van der Waals surface area contributed by atoms with Gasteiger partial charge in [0.15, 0.2) is 0 Å². The van der Waals surface area contributed by atoms with Crippen LogP contribution in [-0.4, -0.2) is 16.7 Å². The molecule has 2 heterocycles. The van der Waals surface area contributed by atoms with Gasteiger partial charge in [-0.15, -0.1) is 12.4 Å². The normalized spacial score (nSPS) is 10.7. The number of fused-ring (bicyclic) bond motifs is 1. The molecule has 0 radical (unpaired) electrons. The van der Waals surface area contributed by atoms with Crippen LogP contribution in [0.2, 0.25) is 0 Å². The van der Waals surface area contributed by atoms with Gasteiger partial charge in [0.2, 0.25) is 0 Å². The molecule has 0 unspecified atom stereocenters. The summed E-state index contributed by atoms with van der Waals surface area (Å²) >= 11 is 0. The number of rotatable bonds is 4. The van der Waals surface area contributed by atoms with Crippen molar-refractivity contribution in [2.24, 2.45) is 0 Å². The minimum Gasteiger partial charge on any atom is -0.497 e. The van der Waals surface area contributed by atoms with Crippen molar-refractivity contribution in [3.05, 3.63) is 83.2 Å². The average Bonchev–Trinajstić information content (AvgIpc) is 2.94. The van der Waals surface area contributed by atoms with Gasteiger partial charge in [-0.25, -0.2) is 0 Å². The van der Waals surface area contributed by atoms with Crippen LogP contribution in [-0.2, 0) is 6.54 Å². The van der Waals surface area contributed by atoms with Crippen LogP contribution >= 0.6 is 12.4 Å². The Morgan fingerprint density at radius 3 is 2.43 bits per heavy atom.